The van der Waals surface area contributed by atoms with Crippen LogP contribution in [0.2, 0.25) is 0 Å². The SMILES string of the molecule is CN(C)[C@@H](CNC(=O)[C@H]1CC(=O)N(CC(F)(F)F)C1)c1ccsc1. The van der Waals surface area contributed by atoms with Crippen molar-refractivity contribution in [1.29, 1.82) is 0 Å². The van der Waals surface area contributed by atoms with Crippen LogP contribution in [0.3, 0.4) is 0 Å². The summed E-state index contributed by atoms with van der Waals surface area (Å²) in [5.74, 6) is -1.74. The highest BCUT2D eigenvalue weighted by molar-refractivity contribution is 7.07. The average molecular weight is 363 g/mol. The Labute approximate surface area is 142 Å². The number of carbonyl (C=O) groups excluding carboxylic acids is 2. The molecule has 2 heterocycles. The van der Waals surface area contributed by atoms with E-state index >= 15 is 0 Å². The lowest BCUT2D eigenvalue weighted by atomic mass is 10.1. The molecule has 0 spiro atoms. The van der Waals surface area contributed by atoms with E-state index in [-0.39, 0.29) is 24.9 Å². The van der Waals surface area contributed by atoms with Crippen molar-refractivity contribution >= 4 is 23.2 Å². The van der Waals surface area contributed by atoms with E-state index in [1.54, 1.807) is 11.3 Å². The molecule has 2 amide bonds. The number of carbonyl (C=O) groups is 2. The molecule has 0 unspecified atom stereocenters. The van der Waals surface area contributed by atoms with Crippen LogP contribution in [0.1, 0.15) is 18.0 Å². The molecule has 1 fully saturated rings. The lowest BCUT2D eigenvalue weighted by Crippen LogP contribution is -2.39. The third-order valence-corrected chi connectivity index (χ3v) is 4.68. The molecular weight excluding hydrogens is 343 g/mol. The van der Waals surface area contributed by atoms with Crippen molar-refractivity contribution in [2.24, 2.45) is 5.92 Å². The maximum atomic E-state index is 12.4. The molecule has 1 aliphatic rings. The molecule has 1 N–H and O–H groups in total. The summed E-state index contributed by atoms with van der Waals surface area (Å²) in [4.78, 5) is 26.5. The van der Waals surface area contributed by atoms with Crippen LogP contribution in [0.25, 0.3) is 0 Å². The Morgan fingerprint density at radius 2 is 2.21 bits per heavy atom. The van der Waals surface area contributed by atoms with E-state index in [0.717, 1.165) is 5.56 Å². The number of amides is 2. The Morgan fingerprint density at radius 1 is 1.50 bits per heavy atom. The third kappa shape index (κ3) is 4.94. The molecule has 2 rings (SSSR count). The molecule has 134 valence electrons. The standard InChI is InChI=1S/C15H20F3N3O2S/c1-20(2)12(10-3-4-24-8-10)6-19-14(23)11-5-13(22)21(7-11)9-15(16,17)18/h3-4,8,11-12H,5-7,9H2,1-2H3,(H,19,23)/t11-,12-/m0/s1. The molecular formula is C15H20F3N3O2S. The summed E-state index contributed by atoms with van der Waals surface area (Å²) in [6.07, 6.45) is -4.62. The molecule has 0 aromatic carbocycles. The first-order valence-electron chi connectivity index (χ1n) is 7.48. The van der Waals surface area contributed by atoms with Gasteiger partial charge in [-0.1, -0.05) is 0 Å². The maximum absolute atomic E-state index is 12.4. The first-order valence-corrected chi connectivity index (χ1v) is 8.42. The smallest absolute Gasteiger partial charge is 0.354 e. The molecule has 1 saturated heterocycles. The van der Waals surface area contributed by atoms with Crippen LogP contribution in [0, 0.1) is 5.92 Å². The summed E-state index contributed by atoms with van der Waals surface area (Å²) in [5, 5.41) is 6.69. The Kier molecular flexibility index (Phi) is 5.87. The first-order chi connectivity index (χ1) is 11.2. The largest absolute Gasteiger partial charge is 0.406 e. The summed E-state index contributed by atoms with van der Waals surface area (Å²) in [6, 6.07) is 1.94. The number of hydrogen-bond acceptors (Lipinski definition) is 4. The fraction of sp³-hybridized carbons (Fsp3) is 0.600. The van der Waals surface area contributed by atoms with E-state index in [1.807, 2.05) is 35.8 Å². The summed E-state index contributed by atoms with van der Waals surface area (Å²) >= 11 is 1.55. The van der Waals surface area contributed by atoms with Crippen molar-refractivity contribution in [3.05, 3.63) is 22.4 Å². The van der Waals surface area contributed by atoms with E-state index in [0.29, 0.717) is 11.4 Å². The second-order valence-electron chi connectivity index (χ2n) is 6.07. The van der Waals surface area contributed by atoms with Crippen LogP contribution in [0.4, 0.5) is 13.2 Å². The van der Waals surface area contributed by atoms with Gasteiger partial charge in [0.1, 0.15) is 6.54 Å². The highest BCUT2D eigenvalue weighted by atomic mass is 32.1. The summed E-state index contributed by atoms with van der Waals surface area (Å²) < 4.78 is 37.2. The predicted molar refractivity (Wildman–Crippen MR) is 84.5 cm³/mol. The Morgan fingerprint density at radius 3 is 2.75 bits per heavy atom. The van der Waals surface area contributed by atoms with E-state index in [4.69, 9.17) is 0 Å². The Bertz CT molecular complexity index is 575. The van der Waals surface area contributed by atoms with Crippen LogP contribution in [0.5, 0.6) is 0 Å². The van der Waals surface area contributed by atoms with Crippen molar-refractivity contribution in [3.8, 4) is 0 Å². The minimum atomic E-state index is -4.45. The van der Waals surface area contributed by atoms with E-state index in [1.165, 1.54) is 0 Å². The Balaban J connectivity index is 1.90. The van der Waals surface area contributed by atoms with Crippen LogP contribution >= 0.6 is 11.3 Å². The predicted octanol–water partition coefficient (Wildman–Crippen LogP) is 1.88. The lowest BCUT2D eigenvalue weighted by molar-refractivity contribution is -0.157. The normalized spacial score (nSPS) is 19.8. The fourth-order valence-corrected chi connectivity index (χ4v) is 3.43. The van der Waals surface area contributed by atoms with Crippen molar-refractivity contribution in [2.75, 3.05) is 33.7 Å². The Hall–Kier alpha value is -1.61. The number of nitrogens with one attached hydrogen (secondary N) is 1. The molecule has 1 aliphatic heterocycles. The van der Waals surface area contributed by atoms with Gasteiger partial charge in [0.2, 0.25) is 11.8 Å². The van der Waals surface area contributed by atoms with Gasteiger partial charge in [0.15, 0.2) is 0 Å². The zero-order chi connectivity index (χ0) is 17.9. The molecule has 0 radical (unpaired) electrons. The molecule has 24 heavy (non-hydrogen) atoms. The second-order valence-corrected chi connectivity index (χ2v) is 6.85. The topological polar surface area (TPSA) is 52.7 Å². The van der Waals surface area contributed by atoms with Gasteiger partial charge in [0.05, 0.1) is 12.0 Å². The number of thiophene rings is 1. The van der Waals surface area contributed by atoms with Crippen molar-refractivity contribution in [2.45, 2.75) is 18.6 Å². The molecule has 0 bridgehead atoms. The molecule has 0 aliphatic carbocycles. The third-order valence-electron chi connectivity index (χ3n) is 3.98. The zero-order valence-corrected chi connectivity index (χ0v) is 14.3. The number of alkyl halides is 3. The summed E-state index contributed by atoms with van der Waals surface area (Å²) in [5.41, 5.74) is 1.06. The van der Waals surface area contributed by atoms with Gasteiger partial charge in [0.25, 0.3) is 0 Å². The van der Waals surface area contributed by atoms with Crippen LogP contribution in [0.15, 0.2) is 16.8 Å². The highest BCUT2D eigenvalue weighted by Gasteiger charge is 2.40. The van der Waals surface area contributed by atoms with Crippen LogP contribution in [-0.4, -0.2) is 61.5 Å². The summed E-state index contributed by atoms with van der Waals surface area (Å²) in [7, 11) is 3.78. The van der Waals surface area contributed by atoms with Crippen molar-refractivity contribution in [1.82, 2.24) is 15.1 Å². The highest BCUT2D eigenvalue weighted by Crippen LogP contribution is 2.24. The number of rotatable bonds is 6. The van der Waals surface area contributed by atoms with Gasteiger partial charge in [-0.2, -0.15) is 24.5 Å². The number of halogens is 3. The van der Waals surface area contributed by atoms with Gasteiger partial charge in [-0.05, 0) is 36.5 Å². The maximum Gasteiger partial charge on any atom is 0.406 e. The average Bonchev–Trinajstić information content (AvgIpc) is 3.08. The van der Waals surface area contributed by atoms with Crippen molar-refractivity contribution in [3.63, 3.8) is 0 Å². The van der Waals surface area contributed by atoms with Gasteiger partial charge >= 0.3 is 6.18 Å². The van der Waals surface area contributed by atoms with Gasteiger partial charge in [-0.15, -0.1) is 0 Å². The van der Waals surface area contributed by atoms with E-state index in [9.17, 15) is 22.8 Å². The van der Waals surface area contributed by atoms with Gasteiger partial charge < -0.3 is 15.1 Å². The zero-order valence-electron chi connectivity index (χ0n) is 13.5. The van der Waals surface area contributed by atoms with Crippen LogP contribution < -0.4 is 5.32 Å². The van der Waals surface area contributed by atoms with Gasteiger partial charge in [0, 0.05) is 19.5 Å². The van der Waals surface area contributed by atoms with E-state index < -0.39 is 24.5 Å². The number of hydrogen-bond donors (Lipinski definition) is 1. The quantitative estimate of drug-likeness (QED) is 0.840. The molecule has 2 atom stereocenters. The first kappa shape index (κ1) is 18.7. The number of likely N-dealkylation sites (N-methyl/N-ethyl adjacent to an activating group) is 1. The number of nitrogens with zero attached hydrogens (tertiary/aromatic N) is 2. The fourth-order valence-electron chi connectivity index (χ4n) is 2.72. The molecule has 9 heteroatoms. The van der Waals surface area contributed by atoms with Crippen molar-refractivity contribution < 1.29 is 22.8 Å². The number of likely N-dealkylation sites (tertiary alicyclic amines) is 1. The van der Waals surface area contributed by atoms with E-state index in [2.05, 4.69) is 5.32 Å². The minimum absolute atomic E-state index is 0.0245. The molecule has 0 saturated carbocycles. The molecule has 5 nitrogen and oxygen atoms in total. The lowest BCUT2D eigenvalue weighted by Gasteiger charge is -2.24. The molecule has 1 aromatic heterocycles. The molecule has 1 aromatic rings. The summed E-state index contributed by atoms with van der Waals surface area (Å²) in [6.45, 7) is -1.15. The van der Waals surface area contributed by atoms with Crippen LogP contribution in [-0.2, 0) is 9.59 Å². The monoisotopic (exact) mass is 363 g/mol. The second kappa shape index (κ2) is 7.52. The minimum Gasteiger partial charge on any atom is -0.354 e. The van der Waals surface area contributed by atoms with Gasteiger partial charge in [-0.25, -0.2) is 0 Å². The van der Waals surface area contributed by atoms with Gasteiger partial charge in [-0.3, -0.25) is 9.59 Å².